The summed E-state index contributed by atoms with van der Waals surface area (Å²) >= 11 is 0. The molecular formula is C8H13NO6. The summed E-state index contributed by atoms with van der Waals surface area (Å²) in [6.07, 6.45) is -0.468. The maximum absolute atomic E-state index is 11.0. The van der Waals surface area contributed by atoms with E-state index in [9.17, 15) is 14.4 Å². The molecule has 0 aliphatic heterocycles. The van der Waals surface area contributed by atoms with Crippen LogP contribution in [0.1, 0.15) is 12.8 Å². The number of hydrogen-bond acceptors (Lipinski definition) is 4. The summed E-state index contributed by atoms with van der Waals surface area (Å²) < 4.78 is 4.49. The Morgan fingerprint density at radius 1 is 1.33 bits per heavy atom. The number of aliphatic carboxylic acids is 2. The molecule has 0 spiro atoms. The highest BCUT2D eigenvalue weighted by molar-refractivity contribution is 5.84. The third kappa shape index (κ3) is 6.44. The van der Waals surface area contributed by atoms with Crippen molar-refractivity contribution in [2.24, 2.45) is 0 Å². The van der Waals surface area contributed by atoms with Crippen LogP contribution in [-0.4, -0.2) is 47.8 Å². The minimum atomic E-state index is -1.26. The van der Waals surface area contributed by atoms with E-state index in [-0.39, 0.29) is 19.4 Å². The molecule has 0 bridgehead atoms. The van der Waals surface area contributed by atoms with Gasteiger partial charge < -0.3 is 20.3 Å². The first-order valence-electron chi connectivity index (χ1n) is 4.20. The Morgan fingerprint density at radius 3 is 2.33 bits per heavy atom. The van der Waals surface area contributed by atoms with Gasteiger partial charge in [0.15, 0.2) is 0 Å². The van der Waals surface area contributed by atoms with Crippen LogP contribution in [0, 0.1) is 0 Å². The summed E-state index contributed by atoms with van der Waals surface area (Å²) in [7, 11) is 1.30. The molecule has 1 unspecified atom stereocenters. The minimum Gasteiger partial charge on any atom is -0.481 e. The maximum atomic E-state index is 11.0. The number of amides is 1. The lowest BCUT2D eigenvalue weighted by molar-refractivity contribution is -0.143. The standard InChI is InChI=1S/C8H13NO6/c1-15-4-6(10)9-5(8(13)14)2-3-7(11)12/h5H,2-4H2,1H3,(H,9,10)(H,11,12)(H,13,14). The van der Waals surface area contributed by atoms with E-state index in [1.807, 2.05) is 0 Å². The Balaban J connectivity index is 4.10. The third-order valence-electron chi connectivity index (χ3n) is 1.56. The van der Waals surface area contributed by atoms with Gasteiger partial charge in [-0.15, -0.1) is 0 Å². The molecule has 1 atom stereocenters. The van der Waals surface area contributed by atoms with E-state index in [2.05, 4.69) is 10.1 Å². The number of carboxylic acids is 2. The van der Waals surface area contributed by atoms with E-state index in [4.69, 9.17) is 10.2 Å². The monoisotopic (exact) mass is 219 g/mol. The highest BCUT2D eigenvalue weighted by Gasteiger charge is 2.20. The van der Waals surface area contributed by atoms with Crippen molar-refractivity contribution in [1.82, 2.24) is 5.32 Å². The first-order chi connectivity index (χ1) is 6.97. The Kier molecular flexibility index (Phi) is 6.03. The molecule has 0 saturated carbocycles. The summed E-state index contributed by atoms with van der Waals surface area (Å²) in [5.41, 5.74) is 0. The molecule has 0 aromatic rings. The fraction of sp³-hybridized carbons (Fsp3) is 0.625. The number of methoxy groups -OCH3 is 1. The zero-order valence-electron chi connectivity index (χ0n) is 8.23. The van der Waals surface area contributed by atoms with Gasteiger partial charge in [-0.3, -0.25) is 9.59 Å². The number of nitrogens with one attached hydrogen (secondary N) is 1. The average molecular weight is 219 g/mol. The molecule has 7 nitrogen and oxygen atoms in total. The fourth-order valence-electron chi connectivity index (χ4n) is 0.892. The molecule has 0 fully saturated rings. The number of carbonyl (C=O) groups is 3. The lowest BCUT2D eigenvalue weighted by Crippen LogP contribution is -2.42. The van der Waals surface area contributed by atoms with Crippen molar-refractivity contribution in [2.45, 2.75) is 18.9 Å². The Morgan fingerprint density at radius 2 is 1.93 bits per heavy atom. The van der Waals surface area contributed by atoms with Crippen LogP contribution < -0.4 is 5.32 Å². The van der Waals surface area contributed by atoms with Crippen LogP contribution in [0.25, 0.3) is 0 Å². The molecule has 7 heteroatoms. The van der Waals surface area contributed by atoms with Crippen molar-refractivity contribution in [3.05, 3.63) is 0 Å². The normalized spacial score (nSPS) is 11.8. The zero-order chi connectivity index (χ0) is 11.8. The molecule has 0 saturated heterocycles. The topological polar surface area (TPSA) is 113 Å². The van der Waals surface area contributed by atoms with Gasteiger partial charge in [0.2, 0.25) is 5.91 Å². The number of carbonyl (C=O) groups excluding carboxylic acids is 1. The number of rotatable bonds is 7. The van der Waals surface area contributed by atoms with Crippen molar-refractivity contribution < 1.29 is 29.3 Å². The van der Waals surface area contributed by atoms with E-state index in [1.54, 1.807) is 0 Å². The first kappa shape index (κ1) is 13.4. The van der Waals surface area contributed by atoms with Gasteiger partial charge in [-0.05, 0) is 6.42 Å². The molecule has 1 amide bonds. The lowest BCUT2D eigenvalue weighted by Gasteiger charge is -2.12. The molecule has 15 heavy (non-hydrogen) atoms. The van der Waals surface area contributed by atoms with E-state index < -0.39 is 23.9 Å². The highest BCUT2D eigenvalue weighted by Crippen LogP contribution is 1.97. The Labute approximate surface area is 86.0 Å². The lowest BCUT2D eigenvalue weighted by atomic mass is 10.1. The number of carboxylic acid groups (broad SMARTS) is 2. The van der Waals surface area contributed by atoms with Gasteiger partial charge in [0, 0.05) is 13.5 Å². The molecule has 0 radical (unpaired) electrons. The minimum absolute atomic E-state index is 0.153. The van der Waals surface area contributed by atoms with Gasteiger partial charge in [0.1, 0.15) is 12.6 Å². The van der Waals surface area contributed by atoms with E-state index >= 15 is 0 Å². The van der Waals surface area contributed by atoms with Gasteiger partial charge >= 0.3 is 11.9 Å². The van der Waals surface area contributed by atoms with Gasteiger partial charge in [0.05, 0.1) is 0 Å². The van der Waals surface area contributed by atoms with Crippen LogP contribution in [0.5, 0.6) is 0 Å². The SMILES string of the molecule is COCC(=O)NC(CCC(=O)O)C(=O)O. The van der Waals surface area contributed by atoms with Crippen molar-refractivity contribution in [1.29, 1.82) is 0 Å². The molecule has 0 heterocycles. The predicted molar refractivity (Wildman–Crippen MR) is 48.3 cm³/mol. The second-order valence-electron chi connectivity index (χ2n) is 2.82. The molecule has 0 rings (SSSR count). The zero-order valence-corrected chi connectivity index (χ0v) is 8.23. The van der Waals surface area contributed by atoms with Crippen LogP contribution in [0.4, 0.5) is 0 Å². The molecule has 3 N–H and O–H groups in total. The van der Waals surface area contributed by atoms with Crippen LogP contribution in [0.15, 0.2) is 0 Å². The van der Waals surface area contributed by atoms with Gasteiger partial charge in [-0.25, -0.2) is 4.79 Å². The average Bonchev–Trinajstić information content (AvgIpc) is 2.11. The first-order valence-corrected chi connectivity index (χ1v) is 4.20. The van der Waals surface area contributed by atoms with Gasteiger partial charge in [-0.2, -0.15) is 0 Å². The Hall–Kier alpha value is -1.63. The fourth-order valence-corrected chi connectivity index (χ4v) is 0.892. The third-order valence-corrected chi connectivity index (χ3v) is 1.56. The van der Waals surface area contributed by atoms with E-state index in [1.165, 1.54) is 7.11 Å². The second kappa shape index (κ2) is 6.77. The van der Waals surface area contributed by atoms with E-state index in [0.29, 0.717) is 0 Å². The van der Waals surface area contributed by atoms with Crippen molar-refractivity contribution in [2.75, 3.05) is 13.7 Å². The predicted octanol–water partition coefficient (Wildman–Crippen LogP) is -0.933. The van der Waals surface area contributed by atoms with Crippen molar-refractivity contribution in [3.63, 3.8) is 0 Å². The summed E-state index contributed by atoms with van der Waals surface area (Å²) in [4.78, 5) is 31.8. The van der Waals surface area contributed by atoms with Crippen LogP contribution in [-0.2, 0) is 19.1 Å². The number of ether oxygens (including phenoxy) is 1. The molecular weight excluding hydrogens is 206 g/mol. The molecule has 86 valence electrons. The molecule has 0 aliphatic carbocycles. The van der Waals surface area contributed by atoms with Gasteiger partial charge in [-0.1, -0.05) is 0 Å². The molecule has 0 aliphatic rings. The number of hydrogen-bond donors (Lipinski definition) is 3. The summed E-state index contributed by atoms with van der Waals surface area (Å²) in [6, 6.07) is -1.19. The van der Waals surface area contributed by atoms with E-state index in [0.717, 1.165) is 0 Å². The Bertz CT molecular complexity index is 252. The van der Waals surface area contributed by atoms with Crippen LogP contribution >= 0.6 is 0 Å². The molecule has 0 aromatic heterocycles. The van der Waals surface area contributed by atoms with Crippen molar-refractivity contribution in [3.8, 4) is 0 Å². The van der Waals surface area contributed by atoms with Gasteiger partial charge in [0.25, 0.3) is 0 Å². The summed E-state index contributed by atoms with van der Waals surface area (Å²) in [5.74, 6) is -2.96. The smallest absolute Gasteiger partial charge is 0.326 e. The van der Waals surface area contributed by atoms with Crippen molar-refractivity contribution >= 4 is 17.8 Å². The second-order valence-corrected chi connectivity index (χ2v) is 2.82. The largest absolute Gasteiger partial charge is 0.481 e. The quantitative estimate of drug-likeness (QED) is 0.509. The summed E-state index contributed by atoms with van der Waals surface area (Å²) in [6.45, 7) is -0.253. The maximum Gasteiger partial charge on any atom is 0.326 e. The van der Waals surface area contributed by atoms with Crippen LogP contribution in [0.2, 0.25) is 0 Å². The highest BCUT2D eigenvalue weighted by atomic mass is 16.5. The molecule has 0 aromatic carbocycles. The summed E-state index contributed by atoms with van der Waals surface area (Å²) in [5, 5.41) is 19.2. The van der Waals surface area contributed by atoms with Crippen LogP contribution in [0.3, 0.4) is 0 Å².